The van der Waals surface area contributed by atoms with Crippen molar-refractivity contribution < 1.29 is 13.2 Å². The Morgan fingerprint density at radius 3 is 2.41 bits per heavy atom. The monoisotopic (exact) mass is 255 g/mol. The number of anilines is 1. The summed E-state index contributed by atoms with van der Waals surface area (Å²) in [6, 6.07) is 6.67. The van der Waals surface area contributed by atoms with Gasteiger partial charge in [-0.05, 0) is 6.07 Å². The summed E-state index contributed by atoms with van der Waals surface area (Å²) in [5.74, 6) is -0.949. The molecule has 0 saturated heterocycles. The number of hydrogen-bond acceptors (Lipinski definition) is 5. The first-order chi connectivity index (χ1) is 7.85. The first kappa shape index (κ1) is 13.2. The van der Waals surface area contributed by atoms with Crippen molar-refractivity contribution in [2.75, 3.05) is 18.6 Å². The lowest BCUT2D eigenvalue weighted by molar-refractivity contribution is -0.113. The molecule has 0 aromatic heterocycles. The highest BCUT2D eigenvalue weighted by molar-refractivity contribution is 7.89. The van der Waals surface area contributed by atoms with Gasteiger partial charge in [0.05, 0.1) is 6.26 Å². The van der Waals surface area contributed by atoms with Gasteiger partial charge in [0, 0.05) is 18.3 Å². The Balaban J connectivity index is 3.01. The molecule has 1 amide bonds. The number of benzene rings is 1. The zero-order chi connectivity index (χ0) is 13.1. The van der Waals surface area contributed by atoms with Crippen molar-refractivity contribution >= 4 is 27.3 Å². The molecule has 92 valence electrons. The molecule has 0 spiro atoms. The Morgan fingerprint density at radius 2 is 1.88 bits per heavy atom. The van der Waals surface area contributed by atoms with Crippen LogP contribution in [0.25, 0.3) is 0 Å². The van der Waals surface area contributed by atoms with Crippen molar-refractivity contribution in [3.05, 3.63) is 29.8 Å². The number of hydrogen-bond donors (Lipinski definition) is 3. The highest BCUT2D eigenvalue weighted by Crippen LogP contribution is 2.14. The molecule has 6 nitrogen and oxygen atoms in total. The van der Waals surface area contributed by atoms with Crippen LogP contribution in [-0.4, -0.2) is 33.3 Å². The first-order valence-electron chi connectivity index (χ1n) is 4.73. The van der Waals surface area contributed by atoms with E-state index in [9.17, 15) is 13.2 Å². The van der Waals surface area contributed by atoms with Crippen molar-refractivity contribution in [2.45, 2.75) is 0 Å². The van der Waals surface area contributed by atoms with Crippen molar-refractivity contribution in [1.82, 2.24) is 4.72 Å². The van der Waals surface area contributed by atoms with Gasteiger partial charge in [0.2, 0.25) is 10.0 Å². The van der Waals surface area contributed by atoms with Crippen LogP contribution in [0.3, 0.4) is 0 Å². The molecule has 0 radical (unpaired) electrons. The van der Waals surface area contributed by atoms with Gasteiger partial charge < -0.3 is 5.32 Å². The van der Waals surface area contributed by atoms with Crippen molar-refractivity contribution in [3.8, 4) is 0 Å². The number of carbonyl (C=O) groups excluding carboxylic acids is 1. The average molecular weight is 255 g/mol. The minimum absolute atomic E-state index is 0.344. The molecule has 0 heterocycles. The largest absolute Gasteiger partial charge is 0.388 e. The van der Waals surface area contributed by atoms with Crippen LogP contribution in [0.4, 0.5) is 5.69 Å². The standard InChI is InChI=1S/C10H13N3O3S/c1-12-8-6-4-3-5-7(8)9(11)10(14)13-17(2,15)16/h3-6,11-12H,1-2H3,(H,13,14). The molecule has 3 N–H and O–H groups in total. The van der Waals surface area contributed by atoms with Crippen LogP contribution in [0.2, 0.25) is 0 Å². The number of carbonyl (C=O) groups is 1. The highest BCUT2D eigenvalue weighted by Gasteiger charge is 2.17. The number of para-hydroxylation sites is 1. The summed E-state index contributed by atoms with van der Waals surface area (Å²) in [7, 11) is -2.00. The third-order valence-corrected chi connectivity index (χ3v) is 2.53. The number of nitrogens with one attached hydrogen (secondary N) is 3. The van der Waals surface area contributed by atoms with Crippen LogP contribution >= 0.6 is 0 Å². The van der Waals surface area contributed by atoms with Gasteiger partial charge in [0.25, 0.3) is 5.91 Å². The molecule has 0 atom stereocenters. The second-order valence-electron chi connectivity index (χ2n) is 3.37. The summed E-state index contributed by atoms with van der Waals surface area (Å²) in [5, 5.41) is 10.5. The zero-order valence-electron chi connectivity index (χ0n) is 9.44. The lowest BCUT2D eigenvalue weighted by Crippen LogP contribution is -2.35. The fraction of sp³-hybridized carbons (Fsp3) is 0.200. The second kappa shape index (κ2) is 4.96. The molecular weight excluding hydrogens is 242 g/mol. The zero-order valence-corrected chi connectivity index (χ0v) is 10.3. The minimum Gasteiger partial charge on any atom is -0.388 e. The topological polar surface area (TPSA) is 99.1 Å². The van der Waals surface area contributed by atoms with E-state index >= 15 is 0 Å². The van der Waals surface area contributed by atoms with Gasteiger partial charge in [-0.25, -0.2) is 13.1 Å². The van der Waals surface area contributed by atoms with E-state index in [1.165, 1.54) is 0 Å². The summed E-state index contributed by atoms with van der Waals surface area (Å²) in [5.41, 5.74) is 0.526. The quantitative estimate of drug-likeness (QED) is 0.668. The van der Waals surface area contributed by atoms with Gasteiger partial charge in [-0.2, -0.15) is 0 Å². The lowest BCUT2D eigenvalue weighted by Gasteiger charge is -2.09. The molecular formula is C10H13N3O3S. The lowest BCUT2D eigenvalue weighted by atomic mass is 10.1. The maximum atomic E-state index is 11.5. The summed E-state index contributed by atoms with van der Waals surface area (Å²) in [4.78, 5) is 11.5. The van der Waals surface area contributed by atoms with E-state index < -0.39 is 21.6 Å². The smallest absolute Gasteiger partial charge is 0.283 e. The first-order valence-corrected chi connectivity index (χ1v) is 6.62. The molecule has 1 aromatic carbocycles. The predicted molar refractivity (Wildman–Crippen MR) is 65.8 cm³/mol. The molecule has 1 rings (SSSR count). The summed E-state index contributed by atoms with van der Waals surface area (Å²) < 4.78 is 23.5. The summed E-state index contributed by atoms with van der Waals surface area (Å²) >= 11 is 0. The highest BCUT2D eigenvalue weighted by atomic mass is 32.2. The Kier molecular flexibility index (Phi) is 3.84. The Labute approximate surface area is 99.6 Å². The second-order valence-corrected chi connectivity index (χ2v) is 5.12. The third-order valence-electron chi connectivity index (χ3n) is 1.97. The van der Waals surface area contributed by atoms with E-state index in [2.05, 4.69) is 5.32 Å². The Hall–Kier alpha value is -1.89. The molecule has 0 aliphatic carbocycles. The van der Waals surface area contributed by atoms with Crippen LogP contribution in [-0.2, 0) is 14.8 Å². The summed E-state index contributed by atoms with van der Waals surface area (Å²) in [6.45, 7) is 0. The van der Waals surface area contributed by atoms with Gasteiger partial charge in [0.1, 0.15) is 5.71 Å². The van der Waals surface area contributed by atoms with Crippen molar-refractivity contribution in [3.63, 3.8) is 0 Å². The molecule has 17 heavy (non-hydrogen) atoms. The Bertz CT molecular complexity index is 552. The fourth-order valence-electron chi connectivity index (χ4n) is 1.26. The third kappa shape index (κ3) is 3.56. The predicted octanol–water partition coefficient (Wildman–Crippen LogP) is 0.172. The van der Waals surface area contributed by atoms with Gasteiger partial charge >= 0.3 is 0 Å². The molecule has 0 saturated carbocycles. The van der Waals surface area contributed by atoms with Crippen molar-refractivity contribution in [2.24, 2.45) is 0 Å². The average Bonchev–Trinajstić information content (AvgIpc) is 2.25. The number of sulfonamides is 1. The van der Waals surface area contributed by atoms with E-state index in [1.54, 1.807) is 36.0 Å². The van der Waals surface area contributed by atoms with E-state index in [-0.39, 0.29) is 0 Å². The van der Waals surface area contributed by atoms with Crippen LogP contribution in [0.15, 0.2) is 24.3 Å². The SMILES string of the molecule is CNc1ccccc1C(=N)C(=O)NS(C)(=O)=O. The normalized spacial score (nSPS) is 10.7. The minimum atomic E-state index is -3.66. The van der Waals surface area contributed by atoms with E-state index in [1.807, 2.05) is 0 Å². The molecule has 0 aliphatic heterocycles. The number of rotatable bonds is 4. The van der Waals surface area contributed by atoms with Crippen LogP contribution in [0.1, 0.15) is 5.56 Å². The van der Waals surface area contributed by atoms with Crippen molar-refractivity contribution in [1.29, 1.82) is 5.41 Å². The summed E-state index contributed by atoms with van der Waals surface area (Å²) in [6.07, 6.45) is 0.863. The van der Waals surface area contributed by atoms with Crippen LogP contribution in [0.5, 0.6) is 0 Å². The Morgan fingerprint density at radius 1 is 1.29 bits per heavy atom. The van der Waals surface area contributed by atoms with Gasteiger partial charge in [-0.1, -0.05) is 18.2 Å². The van der Waals surface area contributed by atoms with E-state index in [0.29, 0.717) is 11.3 Å². The maximum Gasteiger partial charge on any atom is 0.283 e. The molecule has 1 aromatic rings. The molecule has 0 fully saturated rings. The number of amides is 1. The molecule has 0 unspecified atom stereocenters. The van der Waals surface area contributed by atoms with Crippen LogP contribution < -0.4 is 10.0 Å². The molecule has 0 aliphatic rings. The molecule has 7 heteroatoms. The fourth-order valence-corrected chi connectivity index (χ4v) is 1.70. The van der Waals surface area contributed by atoms with Gasteiger partial charge in [0.15, 0.2) is 0 Å². The maximum absolute atomic E-state index is 11.5. The van der Waals surface area contributed by atoms with Crippen LogP contribution in [0, 0.1) is 5.41 Å². The van der Waals surface area contributed by atoms with E-state index in [0.717, 1.165) is 6.26 Å². The van der Waals surface area contributed by atoms with Gasteiger partial charge in [-0.3, -0.25) is 10.2 Å². The van der Waals surface area contributed by atoms with E-state index in [4.69, 9.17) is 5.41 Å². The van der Waals surface area contributed by atoms with Gasteiger partial charge in [-0.15, -0.1) is 0 Å². The molecule has 0 bridgehead atoms.